The van der Waals surface area contributed by atoms with Crippen LogP contribution in [0.4, 0.5) is 0 Å². The number of hydrogen-bond donors (Lipinski definition) is 2. The van der Waals surface area contributed by atoms with Crippen LogP contribution in [0, 0.1) is 0 Å². The van der Waals surface area contributed by atoms with Gasteiger partial charge in [0, 0.05) is 6.54 Å². The summed E-state index contributed by atoms with van der Waals surface area (Å²) < 4.78 is 0. The molecular weight excluding hydrogens is 128 g/mol. The minimum atomic E-state index is -0.453. The van der Waals surface area contributed by atoms with Gasteiger partial charge in [0.05, 0.1) is 0 Å². The van der Waals surface area contributed by atoms with Crippen molar-refractivity contribution in [3.63, 3.8) is 0 Å². The third-order valence-corrected chi connectivity index (χ3v) is 0.418. The molecule has 0 aliphatic rings. The van der Waals surface area contributed by atoms with E-state index in [0.717, 1.165) is 0 Å². The summed E-state index contributed by atoms with van der Waals surface area (Å²) in [7, 11) is 0. The average molecular weight is 137 g/mol. The van der Waals surface area contributed by atoms with E-state index in [-0.39, 0.29) is 12.4 Å². The van der Waals surface area contributed by atoms with E-state index in [0.29, 0.717) is 6.54 Å². The van der Waals surface area contributed by atoms with E-state index < -0.39 is 5.91 Å². The van der Waals surface area contributed by atoms with E-state index in [1.165, 1.54) is 12.2 Å². The van der Waals surface area contributed by atoms with Crippen molar-refractivity contribution in [2.45, 2.75) is 0 Å². The van der Waals surface area contributed by atoms with Crippen LogP contribution in [0.25, 0.3) is 0 Å². The van der Waals surface area contributed by atoms with E-state index in [1.807, 2.05) is 0 Å². The summed E-state index contributed by atoms with van der Waals surface area (Å²) in [6.45, 7) is 0.364. The second kappa shape index (κ2) is 6.46. The van der Waals surface area contributed by atoms with Crippen LogP contribution in [0.15, 0.2) is 12.2 Å². The number of hydrogen-bond acceptors (Lipinski definition) is 2. The summed E-state index contributed by atoms with van der Waals surface area (Å²) in [6, 6.07) is 0. The molecule has 0 aromatic rings. The zero-order chi connectivity index (χ0) is 5.70. The Bertz CT molecular complexity index is 92.0. The maximum Gasteiger partial charge on any atom is 0.241 e. The Morgan fingerprint density at radius 2 is 2.12 bits per heavy atom. The molecule has 0 bridgehead atoms. The number of halogens is 1. The zero-order valence-corrected chi connectivity index (χ0v) is 5.15. The number of nitrogens with two attached hydrogens (primary N) is 2. The molecule has 0 aliphatic heterocycles. The number of carbonyl (C=O) groups is 1. The SMILES string of the molecule is Cl.NCC=CC(N)=O. The Labute approximate surface area is 54.1 Å². The lowest BCUT2D eigenvalue weighted by Crippen LogP contribution is -2.06. The number of carbonyl (C=O) groups excluding carboxylic acids is 1. The Kier molecular flexibility index (Phi) is 8.43. The highest BCUT2D eigenvalue weighted by molar-refractivity contribution is 5.85. The minimum Gasteiger partial charge on any atom is -0.366 e. The van der Waals surface area contributed by atoms with Crippen molar-refractivity contribution in [1.29, 1.82) is 0 Å². The largest absolute Gasteiger partial charge is 0.366 e. The first-order valence-electron chi connectivity index (χ1n) is 1.93. The molecule has 0 saturated heterocycles. The molecule has 0 atom stereocenters. The first-order chi connectivity index (χ1) is 3.27. The summed E-state index contributed by atoms with van der Waals surface area (Å²) in [5.41, 5.74) is 9.68. The highest BCUT2D eigenvalue weighted by Crippen LogP contribution is 1.62. The molecule has 4 N–H and O–H groups in total. The standard InChI is InChI=1S/C4H8N2O.ClH/c5-3-1-2-4(6)7;/h1-2H,3,5H2,(H2,6,7);1H. The Hall–Kier alpha value is -0.540. The molecule has 0 heterocycles. The number of primary amides is 1. The monoisotopic (exact) mass is 136 g/mol. The summed E-state index contributed by atoms with van der Waals surface area (Å²) in [4.78, 5) is 9.84. The molecular formula is C4H9ClN2O. The lowest BCUT2D eigenvalue weighted by atomic mass is 10.5. The van der Waals surface area contributed by atoms with Crippen LogP contribution in [0.3, 0.4) is 0 Å². The quantitative estimate of drug-likeness (QED) is 0.498. The van der Waals surface area contributed by atoms with Crippen molar-refractivity contribution < 1.29 is 4.79 Å². The van der Waals surface area contributed by atoms with Gasteiger partial charge < -0.3 is 11.5 Å². The summed E-state index contributed by atoms with van der Waals surface area (Å²) >= 11 is 0. The molecule has 8 heavy (non-hydrogen) atoms. The molecule has 0 spiro atoms. The molecule has 1 amide bonds. The van der Waals surface area contributed by atoms with Crippen molar-refractivity contribution in [2.75, 3.05) is 6.54 Å². The maximum absolute atomic E-state index is 9.84. The molecule has 0 saturated carbocycles. The Morgan fingerprint density at radius 3 is 2.25 bits per heavy atom. The normalized spacial score (nSPS) is 8.62. The predicted molar refractivity (Wildman–Crippen MR) is 34.6 cm³/mol. The molecule has 0 aromatic heterocycles. The number of rotatable bonds is 2. The number of amides is 1. The molecule has 0 radical (unpaired) electrons. The highest BCUT2D eigenvalue weighted by Gasteiger charge is 1.75. The summed E-state index contributed by atoms with van der Waals surface area (Å²) in [6.07, 6.45) is 2.74. The molecule has 0 aliphatic carbocycles. The molecule has 0 aromatic carbocycles. The van der Waals surface area contributed by atoms with Gasteiger partial charge in [0.25, 0.3) is 0 Å². The van der Waals surface area contributed by atoms with Gasteiger partial charge in [-0.25, -0.2) is 0 Å². The van der Waals surface area contributed by atoms with Gasteiger partial charge in [-0.3, -0.25) is 4.79 Å². The molecule has 0 rings (SSSR count). The van der Waals surface area contributed by atoms with Gasteiger partial charge in [-0.05, 0) is 6.08 Å². The molecule has 0 fully saturated rings. The van der Waals surface area contributed by atoms with E-state index in [4.69, 9.17) is 11.5 Å². The predicted octanol–water partition coefficient (Wildman–Crippen LogP) is -0.592. The second-order valence-corrected chi connectivity index (χ2v) is 1.04. The van der Waals surface area contributed by atoms with E-state index in [2.05, 4.69) is 0 Å². The third-order valence-electron chi connectivity index (χ3n) is 0.418. The first-order valence-corrected chi connectivity index (χ1v) is 1.93. The molecule has 48 valence electrons. The van der Waals surface area contributed by atoms with Crippen molar-refractivity contribution >= 4 is 18.3 Å². The van der Waals surface area contributed by atoms with Crippen LogP contribution in [0.5, 0.6) is 0 Å². The lowest BCUT2D eigenvalue weighted by Gasteiger charge is -1.75. The van der Waals surface area contributed by atoms with Crippen LogP contribution in [-0.4, -0.2) is 12.5 Å². The van der Waals surface area contributed by atoms with Gasteiger partial charge in [0.2, 0.25) is 5.91 Å². The van der Waals surface area contributed by atoms with E-state index in [1.54, 1.807) is 0 Å². The lowest BCUT2D eigenvalue weighted by molar-refractivity contribution is -0.113. The average Bonchev–Trinajstić information content (AvgIpc) is 1.61. The molecule has 3 nitrogen and oxygen atoms in total. The van der Waals surface area contributed by atoms with E-state index in [9.17, 15) is 4.79 Å². The summed E-state index contributed by atoms with van der Waals surface area (Å²) in [5.74, 6) is -0.453. The van der Waals surface area contributed by atoms with Crippen LogP contribution in [-0.2, 0) is 4.79 Å². The van der Waals surface area contributed by atoms with Gasteiger partial charge in [-0.1, -0.05) is 6.08 Å². The fraction of sp³-hybridized carbons (Fsp3) is 0.250. The minimum absolute atomic E-state index is 0. The van der Waals surface area contributed by atoms with Gasteiger partial charge >= 0.3 is 0 Å². The van der Waals surface area contributed by atoms with Gasteiger partial charge in [-0.15, -0.1) is 12.4 Å². The van der Waals surface area contributed by atoms with Crippen LogP contribution >= 0.6 is 12.4 Å². The van der Waals surface area contributed by atoms with Gasteiger partial charge in [0.15, 0.2) is 0 Å². The second-order valence-electron chi connectivity index (χ2n) is 1.04. The zero-order valence-electron chi connectivity index (χ0n) is 4.33. The third kappa shape index (κ3) is 9.07. The molecule has 0 unspecified atom stereocenters. The topological polar surface area (TPSA) is 69.1 Å². The van der Waals surface area contributed by atoms with Crippen molar-refractivity contribution in [2.24, 2.45) is 11.5 Å². The van der Waals surface area contributed by atoms with E-state index >= 15 is 0 Å². The van der Waals surface area contributed by atoms with Crippen molar-refractivity contribution in [3.05, 3.63) is 12.2 Å². The smallest absolute Gasteiger partial charge is 0.241 e. The van der Waals surface area contributed by atoms with Gasteiger partial charge in [-0.2, -0.15) is 0 Å². The Morgan fingerprint density at radius 1 is 1.62 bits per heavy atom. The fourth-order valence-electron chi connectivity index (χ4n) is 0.184. The summed E-state index contributed by atoms with van der Waals surface area (Å²) in [5, 5.41) is 0. The first kappa shape index (κ1) is 10.4. The maximum atomic E-state index is 9.84. The molecule has 4 heteroatoms. The van der Waals surface area contributed by atoms with Crippen LogP contribution in [0.2, 0.25) is 0 Å². The van der Waals surface area contributed by atoms with Crippen molar-refractivity contribution in [3.8, 4) is 0 Å². The van der Waals surface area contributed by atoms with Crippen molar-refractivity contribution in [1.82, 2.24) is 0 Å². The van der Waals surface area contributed by atoms with Crippen LogP contribution in [0.1, 0.15) is 0 Å². The highest BCUT2D eigenvalue weighted by atomic mass is 35.5. The van der Waals surface area contributed by atoms with Gasteiger partial charge in [0.1, 0.15) is 0 Å². The Balaban J connectivity index is 0. The fourth-order valence-corrected chi connectivity index (χ4v) is 0.184. The van der Waals surface area contributed by atoms with Crippen LogP contribution < -0.4 is 11.5 Å².